The highest BCUT2D eigenvalue weighted by molar-refractivity contribution is 5.89. The molecule has 0 unspecified atom stereocenters. The first-order valence-corrected chi connectivity index (χ1v) is 6.86. The fraction of sp³-hybridized carbons (Fsp3) is 0.235. The first-order valence-electron chi connectivity index (χ1n) is 6.86. The molecule has 0 aliphatic heterocycles. The standard InChI is InChI=1S/C17H20N2O2/c1-11-7-14(8-12(2)17(11)21)10-18-15-5-4-6-16(9-15)19-13(3)20/h4-9,18,21H,10H2,1-3H3,(H,19,20). The minimum absolute atomic E-state index is 0.0862. The van der Waals surface area contributed by atoms with E-state index in [0.717, 1.165) is 28.1 Å². The van der Waals surface area contributed by atoms with E-state index in [2.05, 4.69) is 10.6 Å². The van der Waals surface area contributed by atoms with E-state index in [4.69, 9.17) is 0 Å². The summed E-state index contributed by atoms with van der Waals surface area (Å²) in [6.07, 6.45) is 0. The summed E-state index contributed by atoms with van der Waals surface area (Å²) < 4.78 is 0. The number of hydrogen-bond acceptors (Lipinski definition) is 3. The van der Waals surface area contributed by atoms with E-state index in [1.807, 2.05) is 50.2 Å². The summed E-state index contributed by atoms with van der Waals surface area (Å²) in [6, 6.07) is 11.5. The van der Waals surface area contributed by atoms with E-state index in [-0.39, 0.29) is 5.91 Å². The molecule has 0 heterocycles. The van der Waals surface area contributed by atoms with Gasteiger partial charge in [0.05, 0.1) is 0 Å². The average Bonchev–Trinajstić information content (AvgIpc) is 2.42. The van der Waals surface area contributed by atoms with E-state index >= 15 is 0 Å². The second-order valence-corrected chi connectivity index (χ2v) is 5.19. The molecule has 21 heavy (non-hydrogen) atoms. The van der Waals surface area contributed by atoms with E-state index in [1.54, 1.807) is 0 Å². The second-order valence-electron chi connectivity index (χ2n) is 5.19. The topological polar surface area (TPSA) is 61.4 Å². The van der Waals surface area contributed by atoms with Gasteiger partial charge in [0, 0.05) is 24.8 Å². The highest BCUT2D eigenvalue weighted by atomic mass is 16.3. The first-order chi connectivity index (χ1) is 9.95. The predicted octanol–water partition coefficient (Wildman–Crippen LogP) is 3.58. The van der Waals surface area contributed by atoms with Crippen molar-refractivity contribution in [1.82, 2.24) is 0 Å². The van der Waals surface area contributed by atoms with Crippen LogP contribution in [0, 0.1) is 13.8 Å². The van der Waals surface area contributed by atoms with Gasteiger partial charge in [-0.3, -0.25) is 4.79 Å². The molecule has 2 rings (SSSR count). The molecule has 0 saturated heterocycles. The van der Waals surface area contributed by atoms with Crippen molar-refractivity contribution in [3.63, 3.8) is 0 Å². The molecule has 4 nitrogen and oxygen atoms in total. The van der Waals surface area contributed by atoms with Gasteiger partial charge in [0.1, 0.15) is 5.75 Å². The van der Waals surface area contributed by atoms with Crippen LogP contribution >= 0.6 is 0 Å². The van der Waals surface area contributed by atoms with E-state index in [1.165, 1.54) is 6.92 Å². The lowest BCUT2D eigenvalue weighted by Crippen LogP contribution is -2.06. The molecule has 3 N–H and O–H groups in total. The normalized spacial score (nSPS) is 10.2. The van der Waals surface area contributed by atoms with Crippen molar-refractivity contribution < 1.29 is 9.90 Å². The highest BCUT2D eigenvalue weighted by Gasteiger charge is 2.04. The smallest absolute Gasteiger partial charge is 0.221 e. The Morgan fingerprint density at radius 3 is 2.33 bits per heavy atom. The molecule has 0 bridgehead atoms. The van der Waals surface area contributed by atoms with Gasteiger partial charge < -0.3 is 15.7 Å². The summed E-state index contributed by atoms with van der Waals surface area (Å²) in [5.41, 5.74) is 4.56. The number of carbonyl (C=O) groups is 1. The van der Waals surface area contributed by atoms with Gasteiger partial charge >= 0.3 is 0 Å². The Morgan fingerprint density at radius 1 is 1.10 bits per heavy atom. The molecule has 0 radical (unpaired) electrons. The summed E-state index contributed by atoms with van der Waals surface area (Å²) in [6.45, 7) is 5.93. The molecule has 0 spiro atoms. The van der Waals surface area contributed by atoms with Gasteiger partial charge in [-0.15, -0.1) is 0 Å². The van der Waals surface area contributed by atoms with Gasteiger partial charge in [-0.25, -0.2) is 0 Å². The van der Waals surface area contributed by atoms with Crippen LogP contribution in [0.1, 0.15) is 23.6 Å². The number of carbonyl (C=O) groups excluding carboxylic acids is 1. The number of benzene rings is 2. The Balaban J connectivity index is 2.08. The number of anilines is 2. The molecule has 0 fully saturated rings. The molecule has 4 heteroatoms. The third-order valence-electron chi connectivity index (χ3n) is 3.23. The van der Waals surface area contributed by atoms with Crippen LogP contribution in [0.15, 0.2) is 36.4 Å². The SMILES string of the molecule is CC(=O)Nc1cccc(NCc2cc(C)c(O)c(C)c2)c1. The van der Waals surface area contributed by atoms with Crippen molar-refractivity contribution in [3.05, 3.63) is 53.1 Å². The maximum absolute atomic E-state index is 11.1. The Hall–Kier alpha value is -2.49. The van der Waals surface area contributed by atoms with Crippen LogP contribution in [-0.2, 0) is 11.3 Å². The lowest BCUT2D eigenvalue weighted by molar-refractivity contribution is -0.114. The number of nitrogens with one attached hydrogen (secondary N) is 2. The van der Waals surface area contributed by atoms with Crippen molar-refractivity contribution in [3.8, 4) is 5.75 Å². The summed E-state index contributed by atoms with van der Waals surface area (Å²) >= 11 is 0. The molecule has 0 aromatic heterocycles. The Kier molecular flexibility index (Phi) is 4.48. The van der Waals surface area contributed by atoms with Gasteiger partial charge in [-0.05, 0) is 48.7 Å². The Bertz CT molecular complexity index is 643. The molecule has 0 atom stereocenters. The van der Waals surface area contributed by atoms with Crippen molar-refractivity contribution >= 4 is 17.3 Å². The van der Waals surface area contributed by atoms with Crippen LogP contribution in [0.25, 0.3) is 0 Å². The number of rotatable bonds is 4. The zero-order chi connectivity index (χ0) is 15.4. The van der Waals surface area contributed by atoms with Gasteiger partial charge in [0.15, 0.2) is 0 Å². The monoisotopic (exact) mass is 284 g/mol. The average molecular weight is 284 g/mol. The number of aryl methyl sites for hydroxylation is 2. The van der Waals surface area contributed by atoms with Gasteiger partial charge in [-0.1, -0.05) is 18.2 Å². The molecule has 1 amide bonds. The van der Waals surface area contributed by atoms with Gasteiger partial charge in [0.25, 0.3) is 0 Å². The summed E-state index contributed by atoms with van der Waals surface area (Å²) in [5, 5.41) is 15.8. The third kappa shape index (κ3) is 3.99. The Morgan fingerprint density at radius 2 is 1.71 bits per heavy atom. The van der Waals surface area contributed by atoms with E-state index < -0.39 is 0 Å². The number of phenols is 1. The van der Waals surface area contributed by atoms with Crippen molar-refractivity contribution in [2.75, 3.05) is 10.6 Å². The van der Waals surface area contributed by atoms with Gasteiger partial charge in [-0.2, -0.15) is 0 Å². The van der Waals surface area contributed by atoms with Crippen LogP contribution in [0.3, 0.4) is 0 Å². The Labute approximate surface area is 124 Å². The van der Waals surface area contributed by atoms with Crippen LogP contribution in [0.5, 0.6) is 5.75 Å². The minimum Gasteiger partial charge on any atom is -0.507 e. The number of aromatic hydroxyl groups is 1. The van der Waals surface area contributed by atoms with Crippen molar-refractivity contribution in [1.29, 1.82) is 0 Å². The third-order valence-corrected chi connectivity index (χ3v) is 3.23. The molecule has 2 aromatic rings. The maximum atomic E-state index is 11.1. The molecule has 110 valence electrons. The zero-order valence-electron chi connectivity index (χ0n) is 12.5. The van der Waals surface area contributed by atoms with Crippen LogP contribution in [0.2, 0.25) is 0 Å². The van der Waals surface area contributed by atoms with Gasteiger partial charge in [0.2, 0.25) is 5.91 Å². The molecular weight excluding hydrogens is 264 g/mol. The summed E-state index contributed by atoms with van der Waals surface area (Å²) in [7, 11) is 0. The highest BCUT2D eigenvalue weighted by Crippen LogP contribution is 2.23. The lowest BCUT2D eigenvalue weighted by Gasteiger charge is -2.11. The summed E-state index contributed by atoms with van der Waals surface area (Å²) in [5.74, 6) is 0.267. The fourth-order valence-electron chi connectivity index (χ4n) is 2.26. The number of amides is 1. The van der Waals surface area contributed by atoms with Crippen molar-refractivity contribution in [2.45, 2.75) is 27.3 Å². The number of hydrogen-bond donors (Lipinski definition) is 3. The number of phenolic OH excluding ortho intramolecular Hbond substituents is 1. The molecule has 2 aromatic carbocycles. The second kappa shape index (κ2) is 6.31. The van der Waals surface area contributed by atoms with Crippen LogP contribution < -0.4 is 10.6 Å². The van der Waals surface area contributed by atoms with E-state index in [9.17, 15) is 9.90 Å². The molecule has 0 saturated carbocycles. The molecule has 0 aliphatic rings. The lowest BCUT2D eigenvalue weighted by atomic mass is 10.1. The van der Waals surface area contributed by atoms with E-state index in [0.29, 0.717) is 12.3 Å². The first kappa shape index (κ1) is 14.9. The molecular formula is C17H20N2O2. The van der Waals surface area contributed by atoms with Crippen molar-refractivity contribution in [2.24, 2.45) is 0 Å². The predicted molar refractivity (Wildman–Crippen MR) is 85.7 cm³/mol. The minimum atomic E-state index is -0.0862. The fourth-order valence-corrected chi connectivity index (χ4v) is 2.26. The maximum Gasteiger partial charge on any atom is 0.221 e. The van der Waals surface area contributed by atoms with Crippen LogP contribution in [-0.4, -0.2) is 11.0 Å². The quantitative estimate of drug-likeness (QED) is 0.804. The zero-order valence-corrected chi connectivity index (χ0v) is 12.5. The summed E-state index contributed by atoms with van der Waals surface area (Å²) in [4.78, 5) is 11.1. The largest absolute Gasteiger partial charge is 0.507 e. The van der Waals surface area contributed by atoms with Crippen LogP contribution in [0.4, 0.5) is 11.4 Å². The molecule has 0 aliphatic carbocycles.